The van der Waals surface area contributed by atoms with E-state index in [1.807, 2.05) is 30.3 Å². The Morgan fingerprint density at radius 1 is 1.00 bits per heavy atom. The molecule has 5 nitrogen and oxygen atoms in total. The lowest BCUT2D eigenvalue weighted by Gasteiger charge is -2.26. The zero-order valence-electron chi connectivity index (χ0n) is 14.3. The van der Waals surface area contributed by atoms with Gasteiger partial charge in [-0.05, 0) is 24.1 Å². The van der Waals surface area contributed by atoms with Crippen molar-refractivity contribution in [2.45, 2.75) is 19.0 Å². The van der Waals surface area contributed by atoms with Gasteiger partial charge in [0.1, 0.15) is 12.4 Å². The predicted octanol–water partition coefficient (Wildman–Crippen LogP) is 2.81. The summed E-state index contributed by atoms with van der Waals surface area (Å²) < 4.78 is 22.1. The normalized spacial score (nSPS) is 16.0. The van der Waals surface area contributed by atoms with Crippen LogP contribution in [0.15, 0.2) is 36.4 Å². The Labute approximate surface area is 142 Å². The quantitative estimate of drug-likeness (QED) is 0.883. The maximum atomic E-state index is 5.82. The number of para-hydroxylation sites is 1. The molecular formula is C19H23NO4. The number of methoxy groups -OCH3 is 3. The average molecular weight is 329 g/mol. The van der Waals surface area contributed by atoms with Crippen LogP contribution in [-0.4, -0.2) is 34.0 Å². The zero-order chi connectivity index (χ0) is 16.9. The van der Waals surface area contributed by atoms with Crippen LogP contribution in [0.5, 0.6) is 23.0 Å². The standard InChI is InChI=1S/C19H23NO4/c1-21-17-9-8-14(18(22-2)19(17)23-3)11-20-15-10-13-6-4-5-7-16(13)24-12-15/h4-9,15,20H,10-12H2,1-3H3. The molecule has 0 amide bonds. The third-order valence-electron chi connectivity index (χ3n) is 4.25. The summed E-state index contributed by atoms with van der Waals surface area (Å²) >= 11 is 0. The second-order valence-electron chi connectivity index (χ2n) is 5.69. The van der Waals surface area contributed by atoms with Crippen molar-refractivity contribution >= 4 is 0 Å². The van der Waals surface area contributed by atoms with Crippen LogP contribution in [0.25, 0.3) is 0 Å². The Hall–Kier alpha value is -2.40. The fourth-order valence-electron chi connectivity index (χ4n) is 3.02. The van der Waals surface area contributed by atoms with Gasteiger partial charge in [0.15, 0.2) is 11.5 Å². The Bertz CT molecular complexity index is 702. The van der Waals surface area contributed by atoms with Crippen LogP contribution < -0.4 is 24.3 Å². The Morgan fingerprint density at radius 3 is 2.54 bits per heavy atom. The van der Waals surface area contributed by atoms with Gasteiger partial charge in [0.05, 0.1) is 21.3 Å². The highest BCUT2D eigenvalue weighted by atomic mass is 16.5. The molecular weight excluding hydrogens is 306 g/mol. The van der Waals surface area contributed by atoms with Gasteiger partial charge in [-0.15, -0.1) is 0 Å². The Kier molecular flexibility index (Phi) is 5.11. The molecule has 0 fully saturated rings. The molecule has 0 saturated carbocycles. The molecule has 2 aromatic carbocycles. The summed E-state index contributed by atoms with van der Waals surface area (Å²) in [4.78, 5) is 0. The SMILES string of the molecule is COc1ccc(CNC2COc3ccccc3C2)c(OC)c1OC. The highest BCUT2D eigenvalue weighted by Crippen LogP contribution is 2.39. The van der Waals surface area contributed by atoms with Crippen LogP contribution in [0.1, 0.15) is 11.1 Å². The lowest BCUT2D eigenvalue weighted by atomic mass is 10.0. The van der Waals surface area contributed by atoms with Crippen molar-refractivity contribution in [1.29, 1.82) is 0 Å². The molecule has 0 radical (unpaired) electrons. The van der Waals surface area contributed by atoms with Crippen LogP contribution >= 0.6 is 0 Å². The molecule has 128 valence electrons. The second kappa shape index (κ2) is 7.45. The average Bonchev–Trinajstić information content (AvgIpc) is 2.65. The maximum Gasteiger partial charge on any atom is 0.203 e. The largest absolute Gasteiger partial charge is 0.493 e. The first kappa shape index (κ1) is 16.5. The summed E-state index contributed by atoms with van der Waals surface area (Å²) in [6, 6.07) is 12.3. The van der Waals surface area contributed by atoms with E-state index in [-0.39, 0.29) is 6.04 Å². The van der Waals surface area contributed by atoms with E-state index < -0.39 is 0 Å². The summed E-state index contributed by atoms with van der Waals surface area (Å²) in [7, 11) is 4.87. The van der Waals surface area contributed by atoms with Crippen LogP contribution in [0.2, 0.25) is 0 Å². The monoisotopic (exact) mass is 329 g/mol. The third kappa shape index (κ3) is 3.26. The lowest BCUT2D eigenvalue weighted by molar-refractivity contribution is 0.237. The van der Waals surface area contributed by atoms with Crippen molar-refractivity contribution in [2.24, 2.45) is 0 Å². The van der Waals surface area contributed by atoms with Gasteiger partial charge in [-0.3, -0.25) is 0 Å². The first-order valence-electron chi connectivity index (χ1n) is 7.98. The minimum Gasteiger partial charge on any atom is -0.493 e. The highest BCUT2D eigenvalue weighted by molar-refractivity contribution is 5.55. The smallest absolute Gasteiger partial charge is 0.203 e. The molecule has 0 aromatic heterocycles. The molecule has 0 saturated heterocycles. The summed E-state index contributed by atoms with van der Waals surface area (Å²) in [5.74, 6) is 2.96. The molecule has 1 heterocycles. The van der Waals surface area contributed by atoms with Crippen molar-refractivity contribution in [3.8, 4) is 23.0 Å². The van der Waals surface area contributed by atoms with Gasteiger partial charge in [0.25, 0.3) is 0 Å². The molecule has 1 aliphatic heterocycles. The number of benzene rings is 2. The molecule has 0 bridgehead atoms. The fraction of sp³-hybridized carbons (Fsp3) is 0.368. The van der Waals surface area contributed by atoms with Gasteiger partial charge in [-0.25, -0.2) is 0 Å². The minimum atomic E-state index is 0.262. The van der Waals surface area contributed by atoms with E-state index in [1.165, 1.54) is 5.56 Å². The summed E-state index contributed by atoms with van der Waals surface area (Å²) in [5, 5.41) is 3.54. The fourth-order valence-corrected chi connectivity index (χ4v) is 3.02. The van der Waals surface area contributed by atoms with E-state index in [1.54, 1.807) is 21.3 Å². The minimum absolute atomic E-state index is 0.262. The van der Waals surface area contributed by atoms with Crippen LogP contribution in [0.3, 0.4) is 0 Å². The van der Waals surface area contributed by atoms with E-state index in [9.17, 15) is 0 Å². The van der Waals surface area contributed by atoms with Gasteiger partial charge in [0, 0.05) is 18.2 Å². The first-order valence-corrected chi connectivity index (χ1v) is 7.98. The van der Waals surface area contributed by atoms with Gasteiger partial charge in [0.2, 0.25) is 5.75 Å². The molecule has 0 spiro atoms. The third-order valence-corrected chi connectivity index (χ3v) is 4.25. The maximum absolute atomic E-state index is 5.82. The molecule has 2 aromatic rings. The number of fused-ring (bicyclic) bond motifs is 1. The van der Waals surface area contributed by atoms with Gasteiger partial charge >= 0.3 is 0 Å². The number of nitrogens with one attached hydrogen (secondary N) is 1. The number of hydrogen-bond acceptors (Lipinski definition) is 5. The molecule has 1 N–H and O–H groups in total. The summed E-state index contributed by atoms with van der Waals surface area (Å²) in [6.07, 6.45) is 0.950. The topological polar surface area (TPSA) is 49.0 Å². The molecule has 24 heavy (non-hydrogen) atoms. The van der Waals surface area contributed by atoms with Crippen molar-refractivity contribution in [3.63, 3.8) is 0 Å². The van der Waals surface area contributed by atoms with E-state index in [2.05, 4.69) is 11.4 Å². The van der Waals surface area contributed by atoms with E-state index in [0.29, 0.717) is 30.4 Å². The van der Waals surface area contributed by atoms with Gasteiger partial charge < -0.3 is 24.3 Å². The predicted molar refractivity (Wildman–Crippen MR) is 92.4 cm³/mol. The van der Waals surface area contributed by atoms with Crippen LogP contribution in [-0.2, 0) is 13.0 Å². The molecule has 1 aliphatic rings. The van der Waals surface area contributed by atoms with Crippen LogP contribution in [0, 0.1) is 0 Å². The van der Waals surface area contributed by atoms with Crippen molar-refractivity contribution in [3.05, 3.63) is 47.5 Å². The van der Waals surface area contributed by atoms with Crippen molar-refractivity contribution in [2.75, 3.05) is 27.9 Å². The van der Waals surface area contributed by atoms with Gasteiger partial charge in [-0.2, -0.15) is 0 Å². The first-order chi connectivity index (χ1) is 11.8. The lowest BCUT2D eigenvalue weighted by Crippen LogP contribution is -2.38. The number of hydrogen-bond donors (Lipinski definition) is 1. The van der Waals surface area contributed by atoms with Crippen molar-refractivity contribution < 1.29 is 18.9 Å². The Morgan fingerprint density at radius 2 is 1.79 bits per heavy atom. The number of rotatable bonds is 6. The van der Waals surface area contributed by atoms with E-state index in [4.69, 9.17) is 18.9 Å². The van der Waals surface area contributed by atoms with Crippen molar-refractivity contribution in [1.82, 2.24) is 5.32 Å². The molecule has 3 rings (SSSR count). The summed E-state index contributed by atoms with van der Waals surface area (Å²) in [6.45, 7) is 1.33. The second-order valence-corrected chi connectivity index (χ2v) is 5.69. The Balaban J connectivity index is 1.71. The molecule has 0 aliphatic carbocycles. The molecule has 5 heteroatoms. The van der Waals surface area contributed by atoms with E-state index in [0.717, 1.165) is 17.7 Å². The highest BCUT2D eigenvalue weighted by Gasteiger charge is 2.21. The van der Waals surface area contributed by atoms with Gasteiger partial charge in [-0.1, -0.05) is 24.3 Å². The molecule has 1 unspecified atom stereocenters. The van der Waals surface area contributed by atoms with E-state index >= 15 is 0 Å². The van der Waals surface area contributed by atoms with Crippen LogP contribution in [0.4, 0.5) is 0 Å². The summed E-state index contributed by atoms with van der Waals surface area (Å²) in [5.41, 5.74) is 2.26. The zero-order valence-corrected chi connectivity index (χ0v) is 14.3. The number of ether oxygens (including phenoxy) is 4. The molecule has 1 atom stereocenters.